The Bertz CT molecular complexity index is 3260. The first kappa shape index (κ1) is 68.7. The second-order valence-corrected chi connectivity index (χ2v) is 28.5. The van der Waals surface area contributed by atoms with Crippen molar-refractivity contribution in [3.63, 3.8) is 0 Å². The van der Waals surface area contributed by atoms with Crippen LogP contribution in [0.25, 0.3) is 22.5 Å². The van der Waals surface area contributed by atoms with Gasteiger partial charge in [-0.1, -0.05) is 159 Å². The van der Waals surface area contributed by atoms with Gasteiger partial charge in [-0.2, -0.15) is 18.4 Å². The van der Waals surface area contributed by atoms with Gasteiger partial charge in [-0.05, 0) is 193 Å². The molecule has 0 amide bonds. The maximum absolute atomic E-state index is 12.5. The van der Waals surface area contributed by atoms with Crippen molar-refractivity contribution in [3.8, 4) is 28.3 Å². The molecule has 81 heavy (non-hydrogen) atoms. The molecule has 0 saturated carbocycles. The summed E-state index contributed by atoms with van der Waals surface area (Å²) in [6, 6.07) is 36.4. The van der Waals surface area contributed by atoms with Crippen LogP contribution in [0.1, 0.15) is 162 Å². The van der Waals surface area contributed by atoms with Gasteiger partial charge in [-0.3, -0.25) is 0 Å². The summed E-state index contributed by atoms with van der Waals surface area (Å²) in [6.45, 7) is 33.5. The van der Waals surface area contributed by atoms with Crippen LogP contribution in [0.15, 0.2) is 138 Å². The van der Waals surface area contributed by atoms with Crippen LogP contribution in [0.2, 0.25) is 0 Å². The molecule has 0 atom stereocenters. The summed E-state index contributed by atoms with van der Waals surface area (Å²) in [5.41, 5.74) is 10.6. The summed E-state index contributed by atoms with van der Waals surface area (Å²) in [5, 5.41) is 23.8. The van der Waals surface area contributed by atoms with Crippen molar-refractivity contribution in [2.24, 2.45) is 0 Å². The smallest absolute Gasteiger partial charge is 0.416 e. The van der Waals surface area contributed by atoms with Gasteiger partial charge in [0.1, 0.15) is 28.8 Å². The van der Waals surface area contributed by atoms with Crippen molar-refractivity contribution in [3.05, 3.63) is 189 Å². The average Bonchev–Trinajstić information content (AvgIpc) is 3.98. The Morgan fingerprint density at radius 2 is 0.815 bits per heavy atom. The first-order chi connectivity index (χ1) is 37.3. The predicted molar refractivity (Wildman–Crippen MR) is 342 cm³/mol. The number of hydrogen-bond acceptors (Lipinski definition) is 9. The van der Waals surface area contributed by atoms with Crippen molar-refractivity contribution in [1.82, 2.24) is 45.5 Å². The molecular formula is C63H75Br5F3N9O. The number of para-hydroxylation sites is 1. The van der Waals surface area contributed by atoms with Gasteiger partial charge in [0.05, 0.1) is 5.56 Å². The van der Waals surface area contributed by atoms with Gasteiger partial charge >= 0.3 is 6.18 Å². The fourth-order valence-electron chi connectivity index (χ4n) is 7.24. The van der Waals surface area contributed by atoms with E-state index in [4.69, 9.17) is 0 Å². The topological polar surface area (TPSA) is 139 Å². The molecule has 0 bridgehead atoms. The van der Waals surface area contributed by atoms with E-state index in [0.29, 0.717) is 11.5 Å². The second-order valence-electron chi connectivity index (χ2n) is 24.4. The first-order valence-electron chi connectivity index (χ1n) is 26.3. The number of alkyl halides is 3. The zero-order valence-electron chi connectivity index (χ0n) is 49.1. The molecule has 0 saturated heterocycles. The van der Waals surface area contributed by atoms with Gasteiger partial charge in [0.2, 0.25) is 5.82 Å². The number of halogens is 8. The zero-order valence-corrected chi connectivity index (χ0v) is 57.1. The van der Waals surface area contributed by atoms with Crippen molar-refractivity contribution >= 4 is 79.6 Å². The van der Waals surface area contributed by atoms with Gasteiger partial charge < -0.3 is 5.11 Å². The minimum atomic E-state index is -4.33. The lowest BCUT2D eigenvalue weighted by molar-refractivity contribution is -0.137. The number of aromatic hydroxyl groups is 1. The second kappa shape index (κ2) is 29.2. The Kier molecular flexibility index (Phi) is 24.8. The molecule has 0 fully saturated rings. The van der Waals surface area contributed by atoms with Crippen LogP contribution >= 0.6 is 79.6 Å². The number of nitrogens with one attached hydrogen (secondary N) is 1. The molecule has 0 aliphatic heterocycles. The van der Waals surface area contributed by atoms with Crippen LogP contribution in [0.4, 0.5) is 13.2 Å². The molecule has 434 valence electrons. The lowest BCUT2D eigenvalue weighted by Gasteiger charge is -2.19. The van der Waals surface area contributed by atoms with Crippen LogP contribution < -0.4 is 0 Å². The Morgan fingerprint density at radius 1 is 0.432 bits per heavy atom. The highest BCUT2D eigenvalue weighted by Gasteiger charge is 2.33. The quantitative estimate of drug-likeness (QED) is 0.156. The molecule has 0 aliphatic carbocycles. The molecule has 0 unspecified atom stereocenters. The number of aromatic amines is 1. The summed E-state index contributed by atoms with van der Waals surface area (Å²) in [6.07, 6.45) is -1.15. The number of aromatic nitrogens is 9. The lowest BCUT2D eigenvalue weighted by atomic mass is 9.90. The fraction of sp³-hybridized carbons (Fsp3) is 0.397. The highest BCUT2D eigenvalue weighted by molar-refractivity contribution is 9.11. The Morgan fingerprint density at radius 3 is 1.26 bits per heavy atom. The minimum Gasteiger partial charge on any atom is -0.507 e. The summed E-state index contributed by atoms with van der Waals surface area (Å²) in [7, 11) is 0. The fourth-order valence-corrected chi connectivity index (χ4v) is 9.53. The van der Waals surface area contributed by atoms with Crippen molar-refractivity contribution in [2.45, 2.75) is 163 Å². The molecule has 8 rings (SSSR count). The third-order valence-corrected chi connectivity index (χ3v) is 14.1. The zero-order chi connectivity index (χ0) is 60.9. The van der Waals surface area contributed by atoms with Crippen LogP contribution in [0.3, 0.4) is 0 Å². The van der Waals surface area contributed by atoms with E-state index in [1.54, 1.807) is 6.07 Å². The summed E-state index contributed by atoms with van der Waals surface area (Å²) in [5.74, 6) is 0.865. The molecule has 0 spiro atoms. The highest BCUT2D eigenvalue weighted by Crippen LogP contribution is 2.36. The summed E-state index contributed by atoms with van der Waals surface area (Å²) in [4.78, 5) is 22.0. The Hall–Kier alpha value is -4.75. The van der Waals surface area contributed by atoms with E-state index in [1.807, 2.05) is 63.2 Å². The molecule has 2 N–H and O–H groups in total. The van der Waals surface area contributed by atoms with E-state index >= 15 is 0 Å². The molecule has 8 aromatic rings. The maximum atomic E-state index is 12.5. The number of nitrogens with zero attached hydrogens (tertiary/aromatic N) is 8. The molecular weight excluding hydrogens is 1360 g/mol. The van der Waals surface area contributed by atoms with E-state index in [9.17, 15) is 18.3 Å². The monoisotopic (exact) mass is 1430 g/mol. The normalized spacial score (nSPS) is 11.9. The lowest BCUT2D eigenvalue weighted by Crippen LogP contribution is -2.16. The Labute approximate surface area is 519 Å². The van der Waals surface area contributed by atoms with E-state index in [2.05, 4.69) is 270 Å². The van der Waals surface area contributed by atoms with E-state index < -0.39 is 17.2 Å². The highest BCUT2D eigenvalue weighted by atomic mass is 79.9. The van der Waals surface area contributed by atoms with Gasteiger partial charge in [0.15, 0.2) is 0 Å². The van der Waals surface area contributed by atoms with Crippen molar-refractivity contribution < 1.29 is 18.3 Å². The number of phenolic OH excluding ortho intramolecular Hbond substituents is 1. The number of H-pyrrole nitrogens is 1. The van der Waals surface area contributed by atoms with Crippen LogP contribution in [0.5, 0.6) is 5.75 Å². The molecule has 18 heteroatoms. The standard InChI is InChI=1S/C17H20BrN.C15H16BrNO.C11H16BrN.C10H11BrF3N.C10H12BrN5/c1-17(2,3)15-11-14(12-16(18)19-15)10-9-13-7-5-4-6-8-13;1-15(2,3)13-8-10(9-14(16)17-13)11-6-4-5-7-12(11)18;1-5-8-6-9(11(2,3)4)13-10(12)7-8;1-9(2,3)7-4-6(10(12,13)14)5-8(11)15-7;1-10(2,3)7-4-6(5-8(11)12-7)9-13-15-16-14-9/h4-8,11-12H,9-10H2,1-3H3;4-9,18H,1-3H3;6-7H,5H2,1-4H3;4-5H,1-3H3;4-5H,1-3H3,(H,13,14,15,16). The van der Waals surface area contributed by atoms with E-state index in [-0.39, 0.29) is 32.0 Å². The first-order valence-corrected chi connectivity index (χ1v) is 30.3. The number of rotatable bonds is 6. The third-order valence-electron chi connectivity index (χ3n) is 12.0. The summed E-state index contributed by atoms with van der Waals surface area (Å²) >= 11 is 16.8. The largest absolute Gasteiger partial charge is 0.507 e. The molecule has 10 nitrogen and oxygen atoms in total. The van der Waals surface area contributed by atoms with Gasteiger partial charge in [0, 0.05) is 66.7 Å². The maximum Gasteiger partial charge on any atom is 0.416 e. The van der Waals surface area contributed by atoms with Crippen molar-refractivity contribution in [1.29, 1.82) is 0 Å². The van der Waals surface area contributed by atoms with E-state index in [1.165, 1.54) is 16.7 Å². The van der Waals surface area contributed by atoms with Gasteiger partial charge in [0.25, 0.3) is 0 Å². The number of benzene rings is 2. The molecule has 0 aliphatic rings. The van der Waals surface area contributed by atoms with Crippen molar-refractivity contribution in [2.75, 3.05) is 0 Å². The number of aryl methyl sites for hydroxylation is 3. The van der Waals surface area contributed by atoms with Gasteiger partial charge in [-0.25, -0.2) is 24.9 Å². The summed E-state index contributed by atoms with van der Waals surface area (Å²) < 4.78 is 41.1. The number of phenols is 1. The minimum absolute atomic E-state index is 0.0116. The third kappa shape index (κ3) is 23.1. The Balaban J connectivity index is 0.000000219. The SMILES string of the molecule is CC(C)(C)c1cc(-c2ccccc2O)cc(Br)n1.CC(C)(C)c1cc(-c2nn[nH]n2)cc(Br)n1.CC(C)(C)c1cc(C(F)(F)F)cc(Br)n1.CC(C)(C)c1cc(CCc2ccccc2)cc(Br)n1.CCc1cc(Br)nc(C(C)(C)C)c1. The predicted octanol–water partition coefficient (Wildman–Crippen LogP) is 19.6. The van der Waals surface area contributed by atoms with Crippen LogP contribution in [0, 0.1) is 0 Å². The van der Waals surface area contributed by atoms with Crippen LogP contribution in [-0.4, -0.2) is 50.7 Å². The number of tetrazole rings is 1. The molecule has 6 aromatic heterocycles. The molecule has 0 radical (unpaired) electrons. The molecule has 6 heterocycles. The van der Waals surface area contributed by atoms with Crippen LogP contribution in [-0.2, 0) is 52.5 Å². The molecule has 2 aromatic carbocycles. The van der Waals surface area contributed by atoms with Gasteiger partial charge in [-0.15, -0.1) is 10.2 Å². The number of pyridine rings is 5. The number of hydrogen-bond donors (Lipinski definition) is 2. The average molecular weight is 1430 g/mol. The van der Waals surface area contributed by atoms with E-state index in [0.717, 1.165) is 89.3 Å².